The van der Waals surface area contributed by atoms with Crippen LogP contribution in [0.15, 0.2) is 12.3 Å². The van der Waals surface area contributed by atoms with E-state index in [0.29, 0.717) is 5.56 Å². The highest BCUT2D eigenvalue weighted by Crippen LogP contribution is 2.07. The van der Waals surface area contributed by atoms with Crippen LogP contribution in [-0.4, -0.2) is 9.41 Å². The van der Waals surface area contributed by atoms with Crippen LogP contribution >= 0.6 is 22.6 Å². The number of pyridine rings is 1. The van der Waals surface area contributed by atoms with Gasteiger partial charge in [0.2, 0.25) is 5.95 Å². The summed E-state index contributed by atoms with van der Waals surface area (Å²) in [5, 5.41) is 0. The van der Waals surface area contributed by atoms with Crippen LogP contribution in [0.4, 0.5) is 4.39 Å². The minimum atomic E-state index is -0.359. The fourth-order valence-electron chi connectivity index (χ4n) is 0.862. The van der Waals surface area contributed by atoms with Gasteiger partial charge in [0, 0.05) is 16.2 Å². The van der Waals surface area contributed by atoms with Crippen LogP contribution in [-0.2, 0) is 6.42 Å². The zero-order valence-corrected chi connectivity index (χ0v) is 8.43. The smallest absolute Gasteiger partial charge is 0.215 e. The van der Waals surface area contributed by atoms with E-state index in [2.05, 4.69) is 27.6 Å². The van der Waals surface area contributed by atoms with E-state index in [0.717, 1.165) is 16.4 Å². The fourth-order valence-corrected chi connectivity index (χ4v) is 1.48. The topological polar surface area (TPSA) is 12.9 Å². The van der Waals surface area contributed by atoms with Gasteiger partial charge in [-0.2, -0.15) is 4.39 Å². The van der Waals surface area contributed by atoms with E-state index in [1.807, 2.05) is 6.07 Å². The van der Waals surface area contributed by atoms with Crippen molar-refractivity contribution < 1.29 is 4.39 Å². The maximum absolute atomic E-state index is 12.6. The van der Waals surface area contributed by atoms with Crippen LogP contribution in [0.25, 0.3) is 0 Å². The number of halogens is 2. The number of aryl methyl sites for hydroxylation is 2. The lowest BCUT2D eigenvalue weighted by Gasteiger charge is -1.98. The van der Waals surface area contributed by atoms with Gasteiger partial charge >= 0.3 is 0 Å². The molecule has 0 radical (unpaired) electrons. The molecule has 0 unspecified atom stereocenters. The van der Waals surface area contributed by atoms with Crippen molar-refractivity contribution in [3.63, 3.8) is 0 Å². The van der Waals surface area contributed by atoms with Gasteiger partial charge in [0.05, 0.1) is 0 Å². The standard InChI is InChI=1S/C8H9FIN/c1-6-4-7(2-3-10)5-11-8(6)9/h4-5H,2-3H2,1H3. The molecule has 11 heavy (non-hydrogen) atoms. The van der Waals surface area contributed by atoms with Crippen LogP contribution in [0.2, 0.25) is 0 Å². The van der Waals surface area contributed by atoms with Gasteiger partial charge in [-0.25, -0.2) is 4.98 Å². The summed E-state index contributed by atoms with van der Waals surface area (Å²) in [6.07, 6.45) is 2.57. The summed E-state index contributed by atoms with van der Waals surface area (Å²) >= 11 is 2.29. The number of alkyl halides is 1. The van der Waals surface area contributed by atoms with E-state index in [-0.39, 0.29) is 5.95 Å². The summed E-state index contributed by atoms with van der Waals surface area (Å²) in [4.78, 5) is 3.63. The molecule has 3 heteroatoms. The molecule has 0 aliphatic heterocycles. The number of hydrogen-bond donors (Lipinski definition) is 0. The molecule has 0 saturated heterocycles. The van der Waals surface area contributed by atoms with Gasteiger partial charge in [0.25, 0.3) is 0 Å². The van der Waals surface area contributed by atoms with E-state index >= 15 is 0 Å². The van der Waals surface area contributed by atoms with E-state index in [1.54, 1.807) is 13.1 Å². The van der Waals surface area contributed by atoms with Crippen molar-refractivity contribution >= 4 is 22.6 Å². The Hall–Kier alpha value is -0.190. The Balaban J connectivity index is 2.86. The number of nitrogens with zero attached hydrogens (tertiary/aromatic N) is 1. The Kier molecular flexibility index (Phi) is 3.23. The third-order valence-electron chi connectivity index (χ3n) is 1.45. The number of aromatic nitrogens is 1. The minimum Gasteiger partial charge on any atom is -0.228 e. The van der Waals surface area contributed by atoms with Gasteiger partial charge in [-0.15, -0.1) is 0 Å². The molecular weight excluding hydrogens is 256 g/mol. The maximum atomic E-state index is 12.6. The normalized spacial score (nSPS) is 10.1. The number of rotatable bonds is 2. The molecule has 1 heterocycles. The van der Waals surface area contributed by atoms with E-state index in [1.165, 1.54) is 0 Å². The van der Waals surface area contributed by atoms with Gasteiger partial charge in [-0.1, -0.05) is 22.6 Å². The predicted molar refractivity (Wildman–Crippen MR) is 51.5 cm³/mol. The van der Waals surface area contributed by atoms with Crippen LogP contribution in [0.1, 0.15) is 11.1 Å². The lowest BCUT2D eigenvalue weighted by molar-refractivity contribution is 0.573. The Morgan fingerprint density at radius 1 is 1.64 bits per heavy atom. The van der Waals surface area contributed by atoms with E-state index in [9.17, 15) is 4.39 Å². The summed E-state index contributed by atoms with van der Waals surface area (Å²) in [6.45, 7) is 1.74. The lowest BCUT2D eigenvalue weighted by Crippen LogP contribution is -1.92. The Bertz CT molecular complexity index is 250. The largest absolute Gasteiger partial charge is 0.228 e. The van der Waals surface area contributed by atoms with Gasteiger partial charge in [0.1, 0.15) is 0 Å². The predicted octanol–water partition coefficient (Wildman–Crippen LogP) is 2.51. The third-order valence-corrected chi connectivity index (χ3v) is 1.99. The maximum Gasteiger partial charge on any atom is 0.215 e. The molecule has 0 N–H and O–H groups in total. The third kappa shape index (κ3) is 2.39. The molecule has 0 aliphatic rings. The molecule has 0 spiro atoms. The first-order chi connectivity index (χ1) is 5.24. The molecule has 1 aromatic heterocycles. The zero-order chi connectivity index (χ0) is 8.27. The second-order valence-electron chi connectivity index (χ2n) is 2.39. The molecule has 1 rings (SSSR count). The van der Waals surface area contributed by atoms with Crippen molar-refractivity contribution in [3.05, 3.63) is 29.3 Å². The first kappa shape index (κ1) is 8.90. The lowest BCUT2D eigenvalue weighted by atomic mass is 10.2. The Morgan fingerprint density at radius 2 is 2.36 bits per heavy atom. The average Bonchev–Trinajstić information content (AvgIpc) is 1.98. The Labute approximate surface area is 79.2 Å². The van der Waals surface area contributed by atoms with Crippen LogP contribution in [0.5, 0.6) is 0 Å². The first-order valence-electron chi connectivity index (χ1n) is 3.41. The van der Waals surface area contributed by atoms with E-state index in [4.69, 9.17) is 0 Å². The molecule has 1 nitrogen and oxygen atoms in total. The molecule has 0 amide bonds. The van der Waals surface area contributed by atoms with E-state index < -0.39 is 0 Å². The highest BCUT2D eigenvalue weighted by atomic mass is 127. The van der Waals surface area contributed by atoms with Crippen molar-refractivity contribution in [3.8, 4) is 0 Å². The van der Waals surface area contributed by atoms with Crippen LogP contribution < -0.4 is 0 Å². The summed E-state index contributed by atoms with van der Waals surface area (Å²) in [5.41, 5.74) is 1.74. The van der Waals surface area contributed by atoms with Crippen LogP contribution in [0.3, 0.4) is 0 Å². The highest BCUT2D eigenvalue weighted by Gasteiger charge is 1.98. The first-order valence-corrected chi connectivity index (χ1v) is 4.93. The highest BCUT2D eigenvalue weighted by molar-refractivity contribution is 14.1. The second-order valence-corrected chi connectivity index (χ2v) is 3.47. The fraction of sp³-hybridized carbons (Fsp3) is 0.375. The Morgan fingerprint density at radius 3 is 2.91 bits per heavy atom. The molecule has 0 atom stereocenters. The van der Waals surface area contributed by atoms with Gasteiger partial charge < -0.3 is 0 Å². The average molecular weight is 265 g/mol. The minimum absolute atomic E-state index is 0.359. The van der Waals surface area contributed by atoms with Crippen molar-refractivity contribution in [2.24, 2.45) is 0 Å². The van der Waals surface area contributed by atoms with Crippen molar-refractivity contribution in [1.29, 1.82) is 0 Å². The summed E-state index contributed by atoms with van der Waals surface area (Å²) in [6, 6.07) is 1.85. The van der Waals surface area contributed by atoms with Gasteiger partial charge in [-0.05, 0) is 25.0 Å². The summed E-state index contributed by atoms with van der Waals surface area (Å²) in [5.74, 6) is -0.359. The quantitative estimate of drug-likeness (QED) is 0.455. The monoisotopic (exact) mass is 265 g/mol. The SMILES string of the molecule is Cc1cc(CCI)cnc1F. The molecule has 0 aliphatic carbocycles. The summed E-state index contributed by atoms with van der Waals surface area (Å²) < 4.78 is 13.7. The van der Waals surface area contributed by atoms with Gasteiger partial charge in [0.15, 0.2) is 0 Å². The molecule has 0 bridgehead atoms. The molecule has 0 fully saturated rings. The summed E-state index contributed by atoms with van der Waals surface area (Å²) in [7, 11) is 0. The molecule has 0 saturated carbocycles. The van der Waals surface area contributed by atoms with Crippen molar-refractivity contribution in [1.82, 2.24) is 4.98 Å². The molecule has 0 aromatic carbocycles. The number of hydrogen-bond acceptors (Lipinski definition) is 1. The zero-order valence-electron chi connectivity index (χ0n) is 6.27. The molecular formula is C8H9FIN. The van der Waals surface area contributed by atoms with Crippen molar-refractivity contribution in [2.75, 3.05) is 4.43 Å². The van der Waals surface area contributed by atoms with Crippen molar-refractivity contribution in [2.45, 2.75) is 13.3 Å². The van der Waals surface area contributed by atoms with Crippen LogP contribution in [0, 0.1) is 12.9 Å². The molecule has 60 valence electrons. The second kappa shape index (κ2) is 3.99. The van der Waals surface area contributed by atoms with Gasteiger partial charge in [-0.3, -0.25) is 0 Å². The molecule has 1 aromatic rings.